The lowest BCUT2D eigenvalue weighted by atomic mass is 9.90. The first-order chi connectivity index (χ1) is 10.2. The predicted octanol–water partition coefficient (Wildman–Crippen LogP) is 3.47. The van der Waals surface area contributed by atoms with Crippen LogP contribution in [0.1, 0.15) is 34.1 Å². The van der Waals surface area contributed by atoms with Crippen molar-refractivity contribution in [3.63, 3.8) is 0 Å². The molecule has 0 bridgehead atoms. The Morgan fingerprint density at radius 1 is 1.55 bits per heavy atom. The van der Waals surface area contributed by atoms with Crippen molar-refractivity contribution in [2.45, 2.75) is 45.8 Å². The van der Waals surface area contributed by atoms with E-state index in [1.54, 1.807) is 24.0 Å². The number of rotatable bonds is 2. The van der Waals surface area contributed by atoms with Gasteiger partial charge in [0, 0.05) is 24.2 Å². The molecule has 0 aliphatic carbocycles. The number of piperidine rings is 1. The summed E-state index contributed by atoms with van der Waals surface area (Å²) in [6, 6.07) is -0.468. The van der Waals surface area contributed by atoms with Crippen LogP contribution < -0.4 is 5.73 Å². The lowest BCUT2D eigenvalue weighted by Gasteiger charge is -2.39. The molecule has 1 rings (SSSR count). The topological polar surface area (TPSA) is 75.8 Å². The van der Waals surface area contributed by atoms with Gasteiger partial charge < -0.3 is 15.6 Å². The van der Waals surface area contributed by atoms with Crippen molar-refractivity contribution in [1.29, 1.82) is 0 Å². The third-order valence-electron chi connectivity index (χ3n) is 3.26. The standard InChI is InChI=1S/C16H25ClN2O3/c1-5-6-13(20)14-11(9-17)7-8-19(12(14)10-18)15(21)22-16(2,3)4/h5-6,9,12,20H,7-8,10,18H2,1-4H3/b6-5-,11-9+,14-13-. The average Bonchev–Trinajstić information content (AvgIpc) is 2.43. The number of allylic oxidation sites excluding steroid dienone is 2. The van der Waals surface area contributed by atoms with E-state index in [-0.39, 0.29) is 12.3 Å². The smallest absolute Gasteiger partial charge is 0.410 e. The second-order valence-electron chi connectivity index (χ2n) is 6.11. The summed E-state index contributed by atoms with van der Waals surface area (Å²) in [6.07, 6.45) is 3.38. The van der Waals surface area contributed by atoms with Crippen molar-refractivity contribution >= 4 is 17.7 Å². The second kappa shape index (κ2) is 7.70. The van der Waals surface area contributed by atoms with Gasteiger partial charge >= 0.3 is 6.09 Å². The zero-order valence-corrected chi connectivity index (χ0v) is 14.4. The Balaban J connectivity index is 3.19. The molecule has 1 fully saturated rings. The zero-order valence-electron chi connectivity index (χ0n) is 13.6. The van der Waals surface area contributed by atoms with Crippen LogP contribution in [0, 0.1) is 0 Å². The van der Waals surface area contributed by atoms with Gasteiger partial charge in [-0.2, -0.15) is 0 Å². The molecule has 1 amide bonds. The Morgan fingerprint density at radius 2 is 2.18 bits per heavy atom. The first kappa shape index (κ1) is 18.6. The Bertz CT molecular complexity index is 504. The highest BCUT2D eigenvalue weighted by Crippen LogP contribution is 2.31. The highest BCUT2D eigenvalue weighted by Gasteiger charge is 2.36. The molecule has 1 aliphatic heterocycles. The van der Waals surface area contributed by atoms with Gasteiger partial charge in [0.2, 0.25) is 0 Å². The fourth-order valence-electron chi connectivity index (χ4n) is 2.38. The first-order valence-electron chi connectivity index (χ1n) is 7.30. The fourth-order valence-corrected chi connectivity index (χ4v) is 2.61. The number of halogens is 1. The maximum atomic E-state index is 12.4. The quantitative estimate of drug-likeness (QED) is 0.761. The van der Waals surface area contributed by atoms with Crippen LogP contribution in [0.25, 0.3) is 0 Å². The monoisotopic (exact) mass is 328 g/mol. The highest BCUT2D eigenvalue weighted by atomic mass is 35.5. The molecule has 1 atom stereocenters. The number of hydrogen-bond acceptors (Lipinski definition) is 4. The fraction of sp³-hybridized carbons (Fsp3) is 0.562. The van der Waals surface area contributed by atoms with Crippen LogP contribution in [0.2, 0.25) is 0 Å². The van der Waals surface area contributed by atoms with Gasteiger partial charge in [0.05, 0.1) is 6.04 Å². The van der Waals surface area contributed by atoms with Gasteiger partial charge in [-0.3, -0.25) is 4.90 Å². The van der Waals surface area contributed by atoms with Crippen molar-refractivity contribution in [1.82, 2.24) is 4.90 Å². The van der Waals surface area contributed by atoms with Gasteiger partial charge in [-0.05, 0) is 45.8 Å². The number of carbonyl (C=O) groups is 1. The Morgan fingerprint density at radius 3 is 2.64 bits per heavy atom. The molecule has 0 aromatic carbocycles. The van der Waals surface area contributed by atoms with E-state index in [4.69, 9.17) is 22.1 Å². The molecule has 0 aromatic rings. The van der Waals surface area contributed by atoms with E-state index in [0.29, 0.717) is 18.5 Å². The first-order valence-corrected chi connectivity index (χ1v) is 7.74. The highest BCUT2D eigenvalue weighted by molar-refractivity contribution is 6.26. The van der Waals surface area contributed by atoms with E-state index >= 15 is 0 Å². The van der Waals surface area contributed by atoms with Crippen molar-refractivity contribution in [2.24, 2.45) is 5.73 Å². The molecule has 0 spiro atoms. The molecule has 1 saturated heterocycles. The van der Waals surface area contributed by atoms with Gasteiger partial charge in [0.1, 0.15) is 11.4 Å². The molecule has 3 N–H and O–H groups in total. The number of nitrogens with two attached hydrogens (primary N) is 1. The molecular weight excluding hydrogens is 304 g/mol. The lowest BCUT2D eigenvalue weighted by Crippen LogP contribution is -2.51. The average molecular weight is 329 g/mol. The molecule has 5 nitrogen and oxygen atoms in total. The third-order valence-corrected chi connectivity index (χ3v) is 3.52. The van der Waals surface area contributed by atoms with Gasteiger partial charge in [0.15, 0.2) is 0 Å². The van der Waals surface area contributed by atoms with Gasteiger partial charge in [-0.1, -0.05) is 17.7 Å². The minimum absolute atomic E-state index is 0.0677. The molecule has 1 unspecified atom stereocenters. The van der Waals surface area contributed by atoms with Gasteiger partial charge in [-0.15, -0.1) is 0 Å². The summed E-state index contributed by atoms with van der Waals surface area (Å²) < 4.78 is 5.42. The van der Waals surface area contributed by atoms with Crippen LogP contribution in [-0.4, -0.2) is 40.8 Å². The number of likely N-dealkylation sites (tertiary alicyclic amines) is 1. The Labute approximate surface area is 137 Å². The summed E-state index contributed by atoms with van der Waals surface area (Å²) in [5.41, 5.74) is 8.05. The molecule has 1 aliphatic rings. The van der Waals surface area contributed by atoms with Crippen LogP contribution in [-0.2, 0) is 4.74 Å². The molecule has 124 valence electrons. The summed E-state index contributed by atoms with van der Waals surface area (Å²) in [7, 11) is 0. The van der Waals surface area contributed by atoms with E-state index in [1.165, 1.54) is 5.54 Å². The number of nitrogens with zero attached hydrogens (tertiary/aromatic N) is 1. The van der Waals surface area contributed by atoms with E-state index in [2.05, 4.69) is 0 Å². The number of amides is 1. The molecule has 1 heterocycles. The molecule has 6 heteroatoms. The van der Waals surface area contributed by atoms with Gasteiger partial charge in [-0.25, -0.2) is 4.79 Å². The van der Waals surface area contributed by atoms with Crippen LogP contribution in [0.5, 0.6) is 0 Å². The van der Waals surface area contributed by atoms with Crippen LogP contribution >= 0.6 is 11.6 Å². The predicted molar refractivity (Wildman–Crippen MR) is 88.8 cm³/mol. The van der Waals surface area contributed by atoms with Crippen molar-refractivity contribution in [3.05, 3.63) is 34.6 Å². The maximum Gasteiger partial charge on any atom is 0.410 e. The zero-order chi connectivity index (χ0) is 16.9. The maximum absolute atomic E-state index is 12.4. The normalized spacial score (nSPS) is 24.0. The summed E-state index contributed by atoms with van der Waals surface area (Å²) in [4.78, 5) is 13.9. The van der Waals surface area contributed by atoms with Crippen LogP contribution in [0.4, 0.5) is 4.79 Å². The minimum atomic E-state index is -0.589. The molecule has 22 heavy (non-hydrogen) atoms. The van der Waals surface area contributed by atoms with Crippen LogP contribution in [0.15, 0.2) is 34.6 Å². The number of aliphatic hydroxyl groups is 1. The van der Waals surface area contributed by atoms with E-state index in [9.17, 15) is 9.90 Å². The Hall–Kier alpha value is -1.46. The summed E-state index contributed by atoms with van der Waals surface area (Å²) >= 11 is 5.87. The summed E-state index contributed by atoms with van der Waals surface area (Å²) in [5, 5.41) is 10.3. The SMILES string of the molecule is C\C=C/C(O)=C1\C(=C\Cl)CCN(C(=O)OC(C)(C)C)C1CN. The largest absolute Gasteiger partial charge is 0.508 e. The number of carbonyl (C=O) groups excluding carboxylic acids is 1. The van der Waals surface area contributed by atoms with Crippen molar-refractivity contribution in [2.75, 3.05) is 13.1 Å². The van der Waals surface area contributed by atoms with Crippen LogP contribution in [0.3, 0.4) is 0 Å². The second-order valence-corrected chi connectivity index (χ2v) is 6.33. The lowest BCUT2D eigenvalue weighted by molar-refractivity contribution is 0.0181. The number of aliphatic hydroxyl groups excluding tert-OH is 1. The minimum Gasteiger partial charge on any atom is -0.508 e. The summed E-state index contributed by atoms with van der Waals surface area (Å²) in [6.45, 7) is 7.85. The van der Waals surface area contributed by atoms with Crippen molar-refractivity contribution < 1.29 is 14.6 Å². The number of hydrogen-bond donors (Lipinski definition) is 2. The van der Waals surface area contributed by atoms with E-state index in [0.717, 1.165) is 5.57 Å². The molecule has 0 radical (unpaired) electrons. The summed E-state index contributed by atoms with van der Waals surface area (Å²) in [5.74, 6) is 0.0677. The third kappa shape index (κ3) is 4.52. The van der Waals surface area contributed by atoms with Gasteiger partial charge in [0.25, 0.3) is 0 Å². The molecule has 0 aromatic heterocycles. The molecule has 0 saturated carbocycles. The molecular formula is C16H25ClN2O3. The Kier molecular flexibility index (Phi) is 6.50. The van der Waals surface area contributed by atoms with Crippen molar-refractivity contribution in [3.8, 4) is 0 Å². The number of ether oxygens (including phenoxy) is 1. The van der Waals surface area contributed by atoms with E-state index in [1.807, 2.05) is 20.8 Å². The van der Waals surface area contributed by atoms with E-state index < -0.39 is 17.7 Å².